The minimum Gasteiger partial charge on any atom is -0.399 e. The lowest BCUT2D eigenvalue weighted by Gasteiger charge is -2.09. The molecule has 0 heterocycles. The summed E-state index contributed by atoms with van der Waals surface area (Å²) in [7, 11) is -3.89. The lowest BCUT2D eigenvalue weighted by atomic mass is 10.3. The van der Waals surface area contributed by atoms with Gasteiger partial charge in [-0.05, 0) is 41.1 Å². The molecule has 0 radical (unpaired) electrons. The Bertz CT molecular complexity index is 530. The fourth-order valence-corrected chi connectivity index (χ4v) is 3.13. The molecule has 94 valence electrons. The van der Waals surface area contributed by atoms with Crippen LogP contribution in [0.4, 0.5) is 10.5 Å². The average molecular weight is 322 g/mol. The molecule has 2 amide bonds. The first kappa shape index (κ1) is 13.8. The quantitative estimate of drug-likeness (QED) is 0.724. The molecule has 1 aromatic rings. The minimum atomic E-state index is -3.89. The fourth-order valence-electron chi connectivity index (χ4n) is 1.11. The highest BCUT2D eigenvalue weighted by Crippen LogP contribution is 2.23. The highest BCUT2D eigenvalue weighted by atomic mass is 79.9. The van der Waals surface area contributed by atoms with Gasteiger partial charge in [-0.25, -0.2) is 17.9 Å². The second-order valence-corrected chi connectivity index (χ2v) is 5.66. The van der Waals surface area contributed by atoms with Gasteiger partial charge in [0.1, 0.15) is 4.90 Å². The molecule has 0 aliphatic rings. The highest BCUT2D eigenvalue weighted by Gasteiger charge is 2.19. The van der Waals surface area contributed by atoms with Crippen LogP contribution >= 0.6 is 15.9 Å². The van der Waals surface area contributed by atoms with Gasteiger partial charge >= 0.3 is 6.03 Å². The van der Waals surface area contributed by atoms with E-state index in [4.69, 9.17) is 5.73 Å². The first-order valence-corrected chi connectivity index (χ1v) is 7.00. The van der Waals surface area contributed by atoms with Crippen molar-refractivity contribution in [2.75, 3.05) is 12.3 Å². The molecule has 1 aromatic carbocycles. The zero-order valence-corrected chi connectivity index (χ0v) is 11.4. The van der Waals surface area contributed by atoms with E-state index in [0.29, 0.717) is 16.7 Å². The van der Waals surface area contributed by atoms with Gasteiger partial charge in [-0.2, -0.15) is 0 Å². The predicted molar refractivity (Wildman–Crippen MR) is 67.9 cm³/mol. The monoisotopic (exact) mass is 321 g/mol. The van der Waals surface area contributed by atoms with Crippen molar-refractivity contribution in [1.29, 1.82) is 0 Å². The third kappa shape index (κ3) is 3.60. The van der Waals surface area contributed by atoms with E-state index >= 15 is 0 Å². The number of hydrogen-bond acceptors (Lipinski definition) is 4. The Hall–Kier alpha value is -1.28. The lowest BCUT2D eigenvalue weighted by molar-refractivity contribution is 0.246. The summed E-state index contributed by atoms with van der Waals surface area (Å²) in [5.41, 5.74) is 5.92. The number of carbonyl (C=O) groups excluding carboxylic acids is 1. The molecule has 0 aromatic heterocycles. The van der Waals surface area contributed by atoms with Crippen LogP contribution in [-0.4, -0.2) is 21.0 Å². The van der Waals surface area contributed by atoms with Gasteiger partial charge < -0.3 is 11.1 Å². The lowest BCUT2D eigenvalue weighted by Crippen LogP contribution is -2.39. The van der Waals surface area contributed by atoms with Gasteiger partial charge in [0.05, 0.1) is 0 Å². The summed E-state index contributed by atoms with van der Waals surface area (Å²) in [6, 6.07) is 3.45. The van der Waals surface area contributed by atoms with Crippen LogP contribution in [0.15, 0.2) is 27.6 Å². The van der Waals surface area contributed by atoms with Crippen LogP contribution in [0.5, 0.6) is 0 Å². The van der Waals surface area contributed by atoms with Gasteiger partial charge in [0.2, 0.25) is 0 Å². The van der Waals surface area contributed by atoms with Crippen molar-refractivity contribution in [1.82, 2.24) is 10.0 Å². The number of nitrogens with two attached hydrogens (primary N) is 1. The predicted octanol–water partition coefficient (Wildman–Crippen LogP) is 1.04. The number of halogens is 1. The summed E-state index contributed by atoms with van der Waals surface area (Å²) in [5.74, 6) is 0. The maximum Gasteiger partial charge on any atom is 0.328 e. The second kappa shape index (κ2) is 5.37. The molecule has 0 atom stereocenters. The van der Waals surface area contributed by atoms with Crippen LogP contribution in [-0.2, 0) is 10.0 Å². The number of carbonyl (C=O) groups is 1. The molecule has 0 saturated carbocycles. The van der Waals surface area contributed by atoms with Crippen molar-refractivity contribution in [2.45, 2.75) is 11.8 Å². The van der Waals surface area contributed by atoms with Gasteiger partial charge in [0.15, 0.2) is 0 Å². The molecule has 0 saturated heterocycles. The molecular formula is C9H12BrN3O3S. The Morgan fingerprint density at radius 2 is 2.12 bits per heavy atom. The minimum absolute atomic E-state index is 0.0436. The summed E-state index contributed by atoms with van der Waals surface area (Å²) >= 11 is 3.08. The van der Waals surface area contributed by atoms with Crippen LogP contribution in [0.2, 0.25) is 0 Å². The van der Waals surface area contributed by atoms with Crippen LogP contribution in [0, 0.1) is 0 Å². The van der Waals surface area contributed by atoms with E-state index in [-0.39, 0.29) is 4.90 Å². The molecular weight excluding hydrogens is 310 g/mol. The number of amides is 2. The SMILES string of the molecule is CCNC(=O)NS(=O)(=O)c1ccc(N)cc1Br. The smallest absolute Gasteiger partial charge is 0.328 e. The number of sulfonamides is 1. The Morgan fingerprint density at radius 3 is 2.65 bits per heavy atom. The average Bonchev–Trinajstić information content (AvgIpc) is 2.15. The Kier molecular flexibility index (Phi) is 4.35. The van der Waals surface area contributed by atoms with E-state index in [0.717, 1.165) is 0 Å². The van der Waals surface area contributed by atoms with Crippen molar-refractivity contribution in [3.05, 3.63) is 22.7 Å². The standard InChI is InChI=1S/C9H12BrN3O3S/c1-2-12-9(14)13-17(15,16)8-4-3-6(11)5-7(8)10/h3-5H,2,11H2,1H3,(H2,12,13,14). The van der Waals surface area contributed by atoms with Crippen LogP contribution in [0.1, 0.15) is 6.92 Å². The zero-order valence-electron chi connectivity index (χ0n) is 9.03. The van der Waals surface area contributed by atoms with E-state index in [1.54, 1.807) is 6.92 Å². The highest BCUT2D eigenvalue weighted by molar-refractivity contribution is 9.10. The summed E-state index contributed by atoms with van der Waals surface area (Å²) in [6.45, 7) is 2.02. The normalized spacial score (nSPS) is 10.9. The Labute approximate surface area is 108 Å². The molecule has 6 nitrogen and oxygen atoms in total. The molecule has 4 N–H and O–H groups in total. The van der Waals surface area contributed by atoms with Crippen LogP contribution in [0.3, 0.4) is 0 Å². The number of hydrogen-bond donors (Lipinski definition) is 3. The molecule has 17 heavy (non-hydrogen) atoms. The first-order chi connectivity index (χ1) is 7.86. The molecule has 0 unspecified atom stereocenters. The van der Waals surface area contributed by atoms with Crippen molar-refractivity contribution in [3.8, 4) is 0 Å². The van der Waals surface area contributed by atoms with Gasteiger partial charge in [-0.3, -0.25) is 0 Å². The second-order valence-electron chi connectivity index (χ2n) is 3.15. The third-order valence-corrected chi connectivity index (χ3v) is 4.12. The summed E-state index contributed by atoms with van der Waals surface area (Å²) in [6.07, 6.45) is 0. The molecule has 0 aliphatic carbocycles. The topological polar surface area (TPSA) is 101 Å². The van der Waals surface area contributed by atoms with Crippen LogP contribution < -0.4 is 15.8 Å². The molecule has 8 heteroatoms. The van der Waals surface area contributed by atoms with E-state index in [2.05, 4.69) is 21.2 Å². The Balaban J connectivity index is 3.01. The molecule has 0 spiro atoms. The number of rotatable bonds is 3. The maximum absolute atomic E-state index is 11.8. The van der Waals surface area contributed by atoms with Gasteiger partial charge in [-0.1, -0.05) is 0 Å². The number of nitrogen functional groups attached to an aromatic ring is 1. The number of anilines is 1. The third-order valence-electron chi connectivity index (χ3n) is 1.81. The van der Waals surface area contributed by atoms with E-state index in [1.807, 2.05) is 4.72 Å². The summed E-state index contributed by atoms with van der Waals surface area (Å²) in [4.78, 5) is 11.1. The summed E-state index contributed by atoms with van der Waals surface area (Å²) in [5, 5.41) is 2.33. The number of nitrogens with one attached hydrogen (secondary N) is 2. The molecule has 0 aliphatic heterocycles. The first-order valence-electron chi connectivity index (χ1n) is 4.72. The largest absolute Gasteiger partial charge is 0.399 e. The van der Waals surface area contributed by atoms with Gasteiger partial charge in [0.25, 0.3) is 10.0 Å². The van der Waals surface area contributed by atoms with Crippen molar-refractivity contribution in [3.63, 3.8) is 0 Å². The van der Waals surface area contributed by atoms with E-state index in [1.165, 1.54) is 18.2 Å². The van der Waals surface area contributed by atoms with Gasteiger partial charge in [0, 0.05) is 16.7 Å². The Morgan fingerprint density at radius 1 is 1.47 bits per heavy atom. The molecule has 1 rings (SSSR count). The number of urea groups is 1. The van der Waals surface area contributed by atoms with Crippen LogP contribution in [0.25, 0.3) is 0 Å². The molecule has 0 bridgehead atoms. The van der Waals surface area contributed by atoms with Crippen molar-refractivity contribution < 1.29 is 13.2 Å². The maximum atomic E-state index is 11.8. The number of benzene rings is 1. The summed E-state index contributed by atoms with van der Waals surface area (Å²) < 4.78 is 25.8. The van der Waals surface area contributed by atoms with Crippen molar-refractivity contribution in [2.24, 2.45) is 0 Å². The zero-order chi connectivity index (χ0) is 13.1. The molecule has 0 fully saturated rings. The van der Waals surface area contributed by atoms with E-state index < -0.39 is 16.1 Å². The van der Waals surface area contributed by atoms with Crippen molar-refractivity contribution >= 4 is 37.7 Å². The van der Waals surface area contributed by atoms with Gasteiger partial charge in [-0.15, -0.1) is 0 Å². The fraction of sp³-hybridized carbons (Fsp3) is 0.222. The van der Waals surface area contributed by atoms with E-state index in [9.17, 15) is 13.2 Å².